The number of fused-ring (bicyclic) bond motifs is 3. The van der Waals surface area contributed by atoms with E-state index in [1.807, 2.05) is 25.1 Å². The van der Waals surface area contributed by atoms with Gasteiger partial charge in [0.15, 0.2) is 11.4 Å². The molecule has 3 aliphatic rings. The Kier molecular flexibility index (Phi) is 6.39. The molecule has 1 fully saturated rings. The monoisotopic (exact) mass is 532 g/mol. The molecule has 0 aliphatic heterocycles. The average Bonchev–Trinajstić information content (AvgIpc) is 2.86. The summed E-state index contributed by atoms with van der Waals surface area (Å²) in [7, 11) is 3.16. The molecule has 0 bridgehead atoms. The zero-order valence-electron chi connectivity index (χ0n) is 22.1. The Bertz CT molecular complexity index is 1470. The third-order valence-corrected chi connectivity index (χ3v) is 8.50. The number of carbonyl (C=O) groups is 3. The second-order valence-electron chi connectivity index (χ2n) is 11.0. The van der Waals surface area contributed by atoms with Crippen molar-refractivity contribution in [1.29, 1.82) is 0 Å². The molecule has 204 valence electrons. The third kappa shape index (κ3) is 3.95. The van der Waals surface area contributed by atoms with E-state index in [2.05, 4.69) is 12.1 Å². The summed E-state index contributed by atoms with van der Waals surface area (Å²) in [6.07, 6.45) is 1.71. The average molecular weight is 533 g/mol. The molecule has 1 amide bonds. The first kappa shape index (κ1) is 26.6. The van der Waals surface area contributed by atoms with Crippen LogP contribution < -0.4 is 5.73 Å². The molecule has 6 N–H and O–H groups in total. The molecule has 4 atom stereocenters. The Hall–Kier alpha value is -3.95. The van der Waals surface area contributed by atoms with Gasteiger partial charge < -0.3 is 26.2 Å². The molecule has 0 spiro atoms. The van der Waals surface area contributed by atoms with Crippen molar-refractivity contribution in [3.8, 4) is 5.75 Å². The number of aryl methyl sites for hydroxylation is 3. The summed E-state index contributed by atoms with van der Waals surface area (Å²) < 4.78 is 0. The van der Waals surface area contributed by atoms with Crippen LogP contribution in [0, 0.1) is 18.8 Å². The normalized spacial score (nSPS) is 26.4. The molecule has 39 heavy (non-hydrogen) atoms. The Labute approximate surface area is 225 Å². The molecule has 2 aromatic rings. The van der Waals surface area contributed by atoms with E-state index in [0.717, 1.165) is 23.1 Å². The molecular weight excluding hydrogens is 500 g/mol. The van der Waals surface area contributed by atoms with Crippen LogP contribution in [0.1, 0.15) is 34.2 Å². The number of likely N-dealkylation sites (N-methyl/N-ethyl adjacent to an activating group) is 1. The van der Waals surface area contributed by atoms with Crippen LogP contribution in [0.3, 0.4) is 0 Å². The molecule has 0 radical (unpaired) electrons. The van der Waals surface area contributed by atoms with E-state index in [-0.39, 0.29) is 29.7 Å². The van der Waals surface area contributed by atoms with Crippen molar-refractivity contribution < 1.29 is 34.8 Å². The van der Waals surface area contributed by atoms with Crippen LogP contribution in [-0.2, 0) is 33.6 Å². The lowest BCUT2D eigenvalue weighted by atomic mass is 9.57. The van der Waals surface area contributed by atoms with Gasteiger partial charge in [-0.2, -0.15) is 0 Å². The van der Waals surface area contributed by atoms with Crippen LogP contribution in [0.15, 0.2) is 53.3 Å². The van der Waals surface area contributed by atoms with Crippen LogP contribution in [0.2, 0.25) is 0 Å². The standard InChI is InChI=1S/C30H32N2O7/c1-14-4-6-15(7-5-14)8-9-16-10-11-20(33)22-18(16)12-17-13-19-24(32(2)3)26(35)23(29(31)38)28(37)30(19,39)27(36)21(17)25(22)34/h4-7,10-11,17,19,24,33-34,37,39H,8-9,12-13H2,1-3H3,(H2,31,38)/t17-,19-,24+,30+/m0/s1. The number of nitrogens with two attached hydrogens (primary N) is 1. The smallest absolute Gasteiger partial charge is 0.255 e. The Morgan fingerprint density at radius 2 is 1.72 bits per heavy atom. The molecule has 0 unspecified atom stereocenters. The van der Waals surface area contributed by atoms with Gasteiger partial charge in [-0.05, 0) is 75.4 Å². The number of amides is 1. The maximum Gasteiger partial charge on any atom is 0.255 e. The van der Waals surface area contributed by atoms with Gasteiger partial charge in [0.25, 0.3) is 5.91 Å². The zero-order valence-corrected chi connectivity index (χ0v) is 22.1. The maximum absolute atomic E-state index is 13.9. The Morgan fingerprint density at radius 1 is 1.05 bits per heavy atom. The molecular formula is C30H32N2O7. The van der Waals surface area contributed by atoms with E-state index in [9.17, 15) is 34.8 Å². The number of aliphatic hydroxyl groups is 3. The van der Waals surface area contributed by atoms with Gasteiger partial charge in [0.05, 0.1) is 11.6 Å². The minimum atomic E-state index is -2.64. The van der Waals surface area contributed by atoms with Crippen molar-refractivity contribution in [3.63, 3.8) is 0 Å². The predicted molar refractivity (Wildman–Crippen MR) is 143 cm³/mol. The van der Waals surface area contributed by atoms with Gasteiger partial charge in [0, 0.05) is 11.5 Å². The minimum absolute atomic E-state index is 0.0683. The number of ketones is 2. The number of phenols is 1. The van der Waals surface area contributed by atoms with Gasteiger partial charge in [-0.15, -0.1) is 0 Å². The number of hydrogen-bond acceptors (Lipinski definition) is 8. The van der Waals surface area contributed by atoms with Gasteiger partial charge in [0.2, 0.25) is 5.78 Å². The number of Topliss-reactive ketones (excluding diaryl/α,β-unsaturated/α-hetero) is 2. The van der Waals surface area contributed by atoms with E-state index in [0.29, 0.717) is 12.0 Å². The number of carbonyl (C=O) groups excluding carboxylic acids is 3. The Balaban J connectivity index is 1.61. The van der Waals surface area contributed by atoms with Gasteiger partial charge in [-0.3, -0.25) is 19.3 Å². The van der Waals surface area contributed by atoms with Crippen LogP contribution in [-0.4, -0.2) is 68.5 Å². The first-order valence-corrected chi connectivity index (χ1v) is 12.9. The second kappa shape index (κ2) is 9.36. The number of phenolic OH excluding ortho intramolecular Hbond substituents is 1. The molecule has 0 aromatic heterocycles. The summed E-state index contributed by atoms with van der Waals surface area (Å²) in [5.74, 6) is -6.48. The van der Waals surface area contributed by atoms with Crippen molar-refractivity contribution in [1.82, 2.24) is 4.90 Å². The molecule has 1 saturated carbocycles. The summed E-state index contributed by atoms with van der Waals surface area (Å²) in [5, 5.41) is 44.7. The maximum atomic E-state index is 13.9. The van der Waals surface area contributed by atoms with E-state index in [1.165, 1.54) is 11.0 Å². The SMILES string of the molecule is Cc1ccc(CCc2ccc(O)c3c2C[C@H]2C[C@H]4[C@@H](N(C)C)C(=O)C(C(N)=O)=C(O)[C@]4(O)C(=O)C2=C3O)cc1. The fourth-order valence-corrected chi connectivity index (χ4v) is 6.58. The van der Waals surface area contributed by atoms with Crippen molar-refractivity contribution >= 4 is 23.2 Å². The summed E-state index contributed by atoms with van der Waals surface area (Å²) in [6.45, 7) is 2.02. The fourth-order valence-electron chi connectivity index (χ4n) is 6.58. The first-order chi connectivity index (χ1) is 18.4. The molecule has 3 aliphatic carbocycles. The van der Waals surface area contributed by atoms with Crippen LogP contribution in [0.5, 0.6) is 5.75 Å². The Morgan fingerprint density at radius 3 is 2.33 bits per heavy atom. The van der Waals surface area contributed by atoms with Gasteiger partial charge in [-0.1, -0.05) is 35.9 Å². The lowest BCUT2D eigenvalue weighted by Gasteiger charge is -2.50. The van der Waals surface area contributed by atoms with Crippen LogP contribution in [0.4, 0.5) is 0 Å². The lowest BCUT2D eigenvalue weighted by Crippen LogP contribution is -2.65. The third-order valence-electron chi connectivity index (χ3n) is 8.50. The number of benzene rings is 2. The highest BCUT2D eigenvalue weighted by molar-refractivity contribution is 6.24. The summed E-state index contributed by atoms with van der Waals surface area (Å²) in [4.78, 5) is 40.7. The van der Waals surface area contributed by atoms with Gasteiger partial charge in [-0.25, -0.2) is 0 Å². The molecule has 2 aromatic carbocycles. The fraction of sp³-hybridized carbons (Fsp3) is 0.367. The predicted octanol–water partition coefficient (Wildman–Crippen LogP) is 2.06. The minimum Gasteiger partial charge on any atom is -0.508 e. The highest BCUT2D eigenvalue weighted by Gasteiger charge is 2.64. The highest BCUT2D eigenvalue weighted by atomic mass is 16.3. The van der Waals surface area contributed by atoms with Gasteiger partial charge >= 0.3 is 0 Å². The highest BCUT2D eigenvalue weighted by Crippen LogP contribution is 2.53. The van der Waals surface area contributed by atoms with Crippen molar-refractivity contribution in [3.05, 3.63) is 81.1 Å². The summed E-state index contributed by atoms with van der Waals surface area (Å²) in [5.41, 5.74) is 5.78. The second-order valence-corrected chi connectivity index (χ2v) is 11.0. The molecule has 0 saturated heterocycles. The number of rotatable bonds is 5. The summed E-state index contributed by atoms with van der Waals surface area (Å²) in [6, 6.07) is 10.4. The number of aliphatic hydroxyl groups excluding tert-OH is 2. The van der Waals surface area contributed by atoms with Crippen molar-refractivity contribution in [2.75, 3.05) is 14.1 Å². The number of hydrogen-bond donors (Lipinski definition) is 5. The van der Waals surface area contributed by atoms with E-state index >= 15 is 0 Å². The lowest BCUT2D eigenvalue weighted by molar-refractivity contribution is -0.153. The van der Waals surface area contributed by atoms with Crippen LogP contribution in [0.25, 0.3) is 5.76 Å². The molecule has 0 heterocycles. The summed E-state index contributed by atoms with van der Waals surface area (Å²) >= 11 is 0. The quantitative estimate of drug-likeness (QED) is 0.366. The molecule has 9 nitrogen and oxygen atoms in total. The zero-order chi connectivity index (χ0) is 28.4. The molecule has 5 rings (SSSR count). The largest absolute Gasteiger partial charge is 0.508 e. The molecule has 9 heteroatoms. The van der Waals surface area contributed by atoms with Crippen molar-refractivity contribution in [2.45, 2.75) is 44.2 Å². The first-order valence-electron chi connectivity index (χ1n) is 12.9. The topological polar surface area (TPSA) is 161 Å². The van der Waals surface area contributed by atoms with E-state index < -0.39 is 58.0 Å². The van der Waals surface area contributed by atoms with Crippen molar-refractivity contribution in [2.24, 2.45) is 17.6 Å². The van der Waals surface area contributed by atoms with E-state index in [1.54, 1.807) is 14.1 Å². The number of nitrogens with zero attached hydrogens (tertiary/aromatic N) is 1. The van der Waals surface area contributed by atoms with E-state index in [4.69, 9.17) is 5.73 Å². The van der Waals surface area contributed by atoms with Gasteiger partial charge in [0.1, 0.15) is 22.8 Å². The van der Waals surface area contributed by atoms with Crippen LogP contribution >= 0.6 is 0 Å². The number of aromatic hydroxyl groups is 1. The number of primary amides is 1.